The van der Waals surface area contributed by atoms with Gasteiger partial charge in [-0.15, -0.1) is 0 Å². The molecule has 1 aliphatic rings. The van der Waals surface area contributed by atoms with Gasteiger partial charge in [-0.25, -0.2) is 0 Å². The van der Waals surface area contributed by atoms with Gasteiger partial charge in [-0.3, -0.25) is 4.79 Å². The minimum atomic E-state index is 0.0166. The summed E-state index contributed by atoms with van der Waals surface area (Å²) in [6, 6.07) is 5.75. The van der Waals surface area contributed by atoms with Crippen molar-refractivity contribution in [2.75, 3.05) is 11.9 Å². The zero-order valence-electron chi connectivity index (χ0n) is 9.10. The van der Waals surface area contributed by atoms with Gasteiger partial charge >= 0.3 is 0 Å². The lowest BCUT2D eigenvalue weighted by molar-refractivity contribution is 0.0945. The van der Waals surface area contributed by atoms with Crippen LogP contribution in [0, 0.1) is 8.99 Å². The van der Waals surface area contributed by atoms with Crippen LogP contribution in [0.3, 0.4) is 0 Å². The molecule has 1 fully saturated rings. The molecule has 1 aromatic rings. The second-order valence-corrected chi connectivity index (χ2v) is 7.08. The van der Waals surface area contributed by atoms with E-state index in [1.807, 2.05) is 18.2 Å². The number of hydrogen-bond acceptors (Lipinski definition) is 1. The van der Waals surface area contributed by atoms with Crippen LogP contribution in [0.1, 0.15) is 23.2 Å². The number of benzene rings is 1. The summed E-state index contributed by atoms with van der Waals surface area (Å²) in [5, 5.41) is 3.99. The summed E-state index contributed by atoms with van der Waals surface area (Å²) in [4.78, 5) is 12.1. The van der Waals surface area contributed by atoms with Gasteiger partial charge in [-0.05, 0) is 59.0 Å². The predicted octanol–water partition coefficient (Wildman–Crippen LogP) is 3.96. The molecule has 0 radical (unpaired) electrons. The Morgan fingerprint density at radius 1 is 1.47 bits per heavy atom. The Balaban J connectivity index is 2.02. The van der Waals surface area contributed by atoms with Crippen molar-refractivity contribution in [3.8, 4) is 0 Å². The Bertz CT molecular complexity index is 446. The molecule has 1 N–H and O–H groups in total. The molecule has 5 heteroatoms. The van der Waals surface area contributed by atoms with Crippen LogP contribution in [0.15, 0.2) is 22.7 Å². The van der Waals surface area contributed by atoms with Gasteiger partial charge < -0.3 is 5.32 Å². The SMILES string of the molecule is O=C(NCC1(CBr)CC1)c1cc(Br)ccc1I. The molecular formula is C12H12Br2INO. The summed E-state index contributed by atoms with van der Waals surface area (Å²) in [6.45, 7) is 0.764. The van der Waals surface area contributed by atoms with E-state index in [9.17, 15) is 4.79 Å². The normalized spacial score (nSPS) is 16.6. The third-order valence-corrected chi connectivity index (χ3v) is 5.66. The van der Waals surface area contributed by atoms with E-state index in [0.717, 1.165) is 25.5 Å². The maximum Gasteiger partial charge on any atom is 0.252 e. The van der Waals surface area contributed by atoms with Gasteiger partial charge in [0, 0.05) is 19.9 Å². The number of carbonyl (C=O) groups is 1. The van der Waals surface area contributed by atoms with E-state index in [2.05, 4.69) is 59.8 Å². The molecule has 1 aromatic carbocycles. The molecule has 0 aliphatic heterocycles. The first-order valence-corrected chi connectivity index (χ1v) is 8.35. The Labute approximate surface area is 131 Å². The molecule has 92 valence electrons. The Morgan fingerprint density at radius 3 is 2.76 bits per heavy atom. The summed E-state index contributed by atoms with van der Waals surface area (Å²) in [6.07, 6.45) is 2.40. The highest BCUT2D eigenvalue weighted by molar-refractivity contribution is 14.1. The maximum absolute atomic E-state index is 12.1. The standard InChI is InChI=1S/C12H12Br2INO/c13-6-12(3-4-12)7-16-11(17)9-5-8(14)1-2-10(9)15/h1-2,5H,3-4,6-7H2,(H,16,17). The first-order valence-electron chi connectivity index (χ1n) is 5.36. The lowest BCUT2D eigenvalue weighted by Gasteiger charge is -2.13. The van der Waals surface area contributed by atoms with E-state index in [0.29, 0.717) is 5.41 Å². The van der Waals surface area contributed by atoms with Crippen molar-refractivity contribution in [3.63, 3.8) is 0 Å². The summed E-state index contributed by atoms with van der Waals surface area (Å²) in [5.74, 6) is 0.0166. The molecule has 0 bridgehead atoms. The predicted molar refractivity (Wildman–Crippen MR) is 84.7 cm³/mol. The number of amides is 1. The number of carbonyl (C=O) groups excluding carboxylic acids is 1. The summed E-state index contributed by atoms with van der Waals surface area (Å²) >= 11 is 9.08. The van der Waals surface area contributed by atoms with Crippen LogP contribution in [0.4, 0.5) is 0 Å². The molecule has 0 aromatic heterocycles. The number of alkyl halides is 1. The molecule has 1 aliphatic carbocycles. The number of rotatable bonds is 4. The number of halogens is 3. The van der Waals surface area contributed by atoms with Crippen LogP contribution in [0.2, 0.25) is 0 Å². The second kappa shape index (κ2) is 5.57. The van der Waals surface area contributed by atoms with E-state index in [1.54, 1.807) is 0 Å². The molecule has 1 saturated carbocycles. The molecule has 0 spiro atoms. The molecule has 0 heterocycles. The third kappa shape index (κ3) is 3.44. The maximum atomic E-state index is 12.1. The smallest absolute Gasteiger partial charge is 0.252 e. The Kier molecular flexibility index (Phi) is 4.52. The fourth-order valence-corrected chi connectivity index (χ4v) is 3.27. The van der Waals surface area contributed by atoms with Gasteiger partial charge in [0.05, 0.1) is 5.56 Å². The second-order valence-electron chi connectivity index (χ2n) is 4.44. The average Bonchev–Trinajstić information content (AvgIpc) is 3.10. The lowest BCUT2D eigenvalue weighted by atomic mass is 10.1. The van der Waals surface area contributed by atoms with Gasteiger partial charge in [-0.2, -0.15) is 0 Å². The molecule has 0 saturated heterocycles. The van der Waals surface area contributed by atoms with Crippen LogP contribution in [0.25, 0.3) is 0 Å². The zero-order chi connectivity index (χ0) is 12.5. The largest absolute Gasteiger partial charge is 0.351 e. The molecule has 17 heavy (non-hydrogen) atoms. The Morgan fingerprint density at radius 2 is 2.18 bits per heavy atom. The topological polar surface area (TPSA) is 29.1 Å². The Hall–Kier alpha value is 0.380. The first-order chi connectivity index (χ1) is 8.06. The zero-order valence-corrected chi connectivity index (χ0v) is 14.4. The monoisotopic (exact) mass is 471 g/mol. The number of hydrogen-bond donors (Lipinski definition) is 1. The van der Waals surface area contributed by atoms with E-state index >= 15 is 0 Å². The molecule has 0 atom stereocenters. The van der Waals surface area contributed by atoms with Crippen LogP contribution >= 0.6 is 54.5 Å². The van der Waals surface area contributed by atoms with Crippen molar-refractivity contribution >= 4 is 60.4 Å². The van der Waals surface area contributed by atoms with Crippen molar-refractivity contribution in [2.45, 2.75) is 12.8 Å². The molecule has 0 unspecified atom stereocenters. The van der Waals surface area contributed by atoms with Gasteiger partial charge in [0.15, 0.2) is 0 Å². The van der Waals surface area contributed by atoms with Gasteiger partial charge in [-0.1, -0.05) is 31.9 Å². The van der Waals surface area contributed by atoms with Crippen LogP contribution < -0.4 is 5.32 Å². The molecule has 2 rings (SSSR count). The quantitative estimate of drug-likeness (QED) is 0.521. The van der Waals surface area contributed by atoms with Crippen LogP contribution in [-0.2, 0) is 0 Å². The highest BCUT2D eigenvalue weighted by Gasteiger charge is 2.41. The van der Waals surface area contributed by atoms with E-state index in [-0.39, 0.29) is 5.91 Å². The highest BCUT2D eigenvalue weighted by Crippen LogP contribution is 2.46. The van der Waals surface area contributed by atoms with E-state index in [4.69, 9.17) is 0 Å². The number of nitrogens with one attached hydrogen (secondary N) is 1. The highest BCUT2D eigenvalue weighted by atomic mass is 127. The minimum Gasteiger partial charge on any atom is -0.351 e. The molecular weight excluding hydrogens is 461 g/mol. The minimum absolute atomic E-state index is 0.0166. The average molecular weight is 473 g/mol. The van der Waals surface area contributed by atoms with Gasteiger partial charge in [0.25, 0.3) is 5.91 Å². The fraction of sp³-hybridized carbons (Fsp3) is 0.417. The van der Waals surface area contributed by atoms with Gasteiger partial charge in [0.2, 0.25) is 0 Å². The van der Waals surface area contributed by atoms with E-state index < -0.39 is 0 Å². The van der Waals surface area contributed by atoms with E-state index in [1.165, 1.54) is 12.8 Å². The van der Waals surface area contributed by atoms with Crippen LogP contribution in [-0.4, -0.2) is 17.8 Å². The summed E-state index contributed by atoms with van der Waals surface area (Å²) in [7, 11) is 0. The third-order valence-electron chi connectivity index (χ3n) is 3.04. The fourth-order valence-electron chi connectivity index (χ4n) is 1.57. The first kappa shape index (κ1) is 13.8. The lowest BCUT2D eigenvalue weighted by Crippen LogP contribution is -2.31. The van der Waals surface area contributed by atoms with Crippen LogP contribution in [0.5, 0.6) is 0 Å². The van der Waals surface area contributed by atoms with Crippen molar-refractivity contribution < 1.29 is 4.79 Å². The summed E-state index contributed by atoms with van der Waals surface area (Å²) in [5.41, 5.74) is 1.05. The molecule has 2 nitrogen and oxygen atoms in total. The van der Waals surface area contributed by atoms with Crippen molar-refractivity contribution in [1.82, 2.24) is 5.32 Å². The molecule has 1 amide bonds. The van der Waals surface area contributed by atoms with Crippen molar-refractivity contribution in [3.05, 3.63) is 31.8 Å². The van der Waals surface area contributed by atoms with Gasteiger partial charge in [0.1, 0.15) is 0 Å². The summed E-state index contributed by atoms with van der Waals surface area (Å²) < 4.78 is 1.91. The van der Waals surface area contributed by atoms with Crippen molar-refractivity contribution in [1.29, 1.82) is 0 Å². The van der Waals surface area contributed by atoms with Crippen molar-refractivity contribution in [2.24, 2.45) is 5.41 Å².